The quantitative estimate of drug-likeness (QED) is 0.734. The molecule has 25 heavy (non-hydrogen) atoms. The van der Waals surface area contributed by atoms with E-state index in [4.69, 9.17) is 5.73 Å². The fourth-order valence-electron chi connectivity index (χ4n) is 2.26. The van der Waals surface area contributed by atoms with E-state index in [-0.39, 0.29) is 16.8 Å². The summed E-state index contributed by atoms with van der Waals surface area (Å²) in [5.41, 5.74) is 7.84. The Kier molecular flexibility index (Phi) is 5.81. The van der Waals surface area contributed by atoms with Crippen LogP contribution in [0.2, 0.25) is 0 Å². The molecule has 0 aromatic heterocycles. The molecule has 0 aliphatic heterocycles. The number of aryl methyl sites for hydroxylation is 2. The highest BCUT2D eigenvalue weighted by Gasteiger charge is 2.19. The van der Waals surface area contributed by atoms with Gasteiger partial charge in [-0.15, -0.1) is 0 Å². The van der Waals surface area contributed by atoms with Gasteiger partial charge in [-0.25, -0.2) is 8.42 Å². The number of benzene rings is 2. The largest absolute Gasteiger partial charge is 0.348 e. The lowest BCUT2D eigenvalue weighted by Crippen LogP contribution is -2.38. The Balaban J connectivity index is 2.34. The number of amides is 1. The van der Waals surface area contributed by atoms with E-state index in [0.717, 1.165) is 5.56 Å². The number of sulfonamides is 1. The fourth-order valence-corrected chi connectivity index (χ4v) is 3.42. The number of nitrogens with one attached hydrogen (secondary N) is 2. The summed E-state index contributed by atoms with van der Waals surface area (Å²) in [6, 6.07) is 11.4. The molecule has 0 saturated carbocycles. The van der Waals surface area contributed by atoms with Crippen LogP contribution in [0.3, 0.4) is 0 Å². The molecule has 0 aliphatic carbocycles. The van der Waals surface area contributed by atoms with Gasteiger partial charge in [0.2, 0.25) is 0 Å². The molecule has 1 amide bonds. The van der Waals surface area contributed by atoms with Crippen molar-refractivity contribution in [1.82, 2.24) is 5.32 Å². The molecule has 4 N–H and O–H groups in total. The van der Waals surface area contributed by atoms with Crippen LogP contribution in [0.4, 0.5) is 5.69 Å². The Morgan fingerprint density at radius 1 is 1.12 bits per heavy atom. The van der Waals surface area contributed by atoms with E-state index in [9.17, 15) is 13.2 Å². The molecular weight excluding hydrogens is 338 g/mol. The van der Waals surface area contributed by atoms with Gasteiger partial charge in [0.25, 0.3) is 15.9 Å². The van der Waals surface area contributed by atoms with E-state index < -0.39 is 10.0 Å². The second-order valence-electron chi connectivity index (χ2n) is 6.01. The van der Waals surface area contributed by atoms with E-state index >= 15 is 0 Å². The van der Waals surface area contributed by atoms with Crippen LogP contribution in [0, 0.1) is 13.8 Å². The maximum absolute atomic E-state index is 12.7. The van der Waals surface area contributed by atoms with Gasteiger partial charge >= 0.3 is 0 Å². The third-order valence-corrected chi connectivity index (χ3v) is 5.25. The van der Waals surface area contributed by atoms with Crippen molar-refractivity contribution in [1.29, 1.82) is 0 Å². The smallest absolute Gasteiger partial charge is 0.261 e. The zero-order valence-corrected chi connectivity index (χ0v) is 15.4. The molecule has 0 radical (unpaired) electrons. The molecule has 2 aromatic rings. The highest BCUT2D eigenvalue weighted by molar-refractivity contribution is 7.92. The maximum atomic E-state index is 12.7. The minimum absolute atomic E-state index is 0.0342. The number of anilines is 1. The highest BCUT2D eigenvalue weighted by Crippen LogP contribution is 2.21. The third-order valence-electron chi connectivity index (χ3n) is 3.88. The summed E-state index contributed by atoms with van der Waals surface area (Å²) in [6.07, 6.45) is 0. The zero-order chi connectivity index (χ0) is 18.6. The molecule has 1 atom stereocenters. The van der Waals surface area contributed by atoms with Gasteiger partial charge in [-0.2, -0.15) is 0 Å². The predicted molar refractivity (Wildman–Crippen MR) is 99.1 cm³/mol. The van der Waals surface area contributed by atoms with Gasteiger partial charge in [-0.05, 0) is 50.1 Å². The van der Waals surface area contributed by atoms with Crippen LogP contribution >= 0.6 is 0 Å². The Hall–Kier alpha value is -2.38. The SMILES string of the molecule is Cc1ccccc1NS(=O)(=O)c1ccc(C)c(C(=O)N[C@@H](C)CN)c1. The van der Waals surface area contributed by atoms with Crippen molar-refractivity contribution in [2.24, 2.45) is 5.73 Å². The summed E-state index contributed by atoms with van der Waals surface area (Å²) in [5, 5.41) is 2.74. The lowest BCUT2D eigenvalue weighted by molar-refractivity contribution is 0.0940. The lowest BCUT2D eigenvalue weighted by Gasteiger charge is -2.15. The fraction of sp³-hybridized carbons (Fsp3) is 0.278. The molecule has 7 heteroatoms. The van der Waals surface area contributed by atoms with Crippen LogP contribution in [0.25, 0.3) is 0 Å². The van der Waals surface area contributed by atoms with Gasteiger partial charge in [0.05, 0.1) is 10.6 Å². The Bertz CT molecular complexity index is 879. The van der Waals surface area contributed by atoms with E-state index in [1.165, 1.54) is 12.1 Å². The Labute approximate surface area is 148 Å². The second-order valence-corrected chi connectivity index (χ2v) is 7.69. The first kappa shape index (κ1) is 19.0. The Morgan fingerprint density at radius 2 is 1.80 bits per heavy atom. The average Bonchev–Trinajstić information content (AvgIpc) is 2.56. The molecule has 134 valence electrons. The molecule has 6 nitrogen and oxygen atoms in total. The zero-order valence-electron chi connectivity index (χ0n) is 14.5. The first-order valence-corrected chi connectivity index (χ1v) is 9.43. The number of carbonyl (C=O) groups excluding carboxylic acids is 1. The standard InChI is InChI=1S/C18H23N3O3S/c1-12-8-9-15(10-16(12)18(22)20-14(3)11-19)25(23,24)21-17-7-5-4-6-13(17)2/h4-10,14,21H,11,19H2,1-3H3,(H,20,22)/t14-/m0/s1. The van der Waals surface area contributed by atoms with Crippen LogP contribution in [0.1, 0.15) is 28.4 Å². The summed E-state index contributed by atoms with van der Waals surface area (Å²) in [4.78, 5) is 12.4. The monoisotopic (exact) mass is 361 g/mol. The van der Waals surface area contributed by atoms with Crippen molar-refractivity contribution in [3.05, 3.63) is 59.2 Å². The number of hydrogen-bond donors (Lipinski definition) is 3. The van der Waals surface area contributed by atoms with Crippen molar-refractivity contribution < 1.29 is 13.2 Å². The van der Waals surface area contributed by atoms with Gasteiger partial charge in [-0.3, -0.25) is 9.52 Å². The molecule has 0 heterocycles. The van der Waals surface area contributed by atoms with E-state index in [1.807, 2.05) is 19.1 Å². The number of hydrogen-bond acceptors (Lipinski definition) is 4. The van der Waals surface area contributed by atoms with Crippen molar-refractivity contribution in [2.75, 3.05) is 11.3 Å². The maximum Gasteiger partial charge on any atom is 0.261 e. The van der Waals surface area contributed by atoms with Crippen LogP contribution in [-0.4, -0.2) is 26.9 Å². The molecule has 2 rings (SSSR count). The molecule has 0 fully saturated rings. The number of rotatable bonds is 6. The van der Waals surface area contributed by atoms with Gasteiger partial charge in [0, 0.05) is 18.2 Å². The third kappa shape index (κ3) is 4.58. The summed E-state index contributed by atoms with van der Waals surface area (Å²) in [6.45, 7) is 5.67. The summed E-state index contributed by atoms with van der Waals surface area (Å²) >= 11 is 0. The van der Waals surface area contributed by atoms with E-state index in [1.54, 1.807) is 32.0 Å². The van der Waals surface area contributed by atoms with E-state index in [0.29, 0.717) is 23.4 Å². The molecular formula is C18H23N3O3S. The molecule has 0 unspecified atom stereocenters. The number of nitrogens with two attached hydrogens (primary N) is 1. The second kappa shape index (κ2) is 7.67. The summed E-state index contributed by atoms with van der Waals surface area (Å²) in [5.74, 6) is -0.344. The summed E-state index contributed by atoms with van der Waals surface area (Å²) in [7, 11) is -3.80. The van der Waals surface area contributed by atoms with Crippen molar-refractivity contribution in [3.63, 3.8) is 0 Å². The van der Waals surface area contributed by atoms with Gasteiger partial charge in [-0.1, -0.05) is 24.3 Å². The minimum atomic E-state index is -3.80. The molecule has 0 bridgehead atoms. The van der Waals surface area contributed by atoms with Crippen molar-refractivity contribution in [3.8, 4) is 0 Å². The van der Waals surface area contributed by atoms with Crippen LogP contribution in [0.5, 0.6) is 0 Å². The van der Waals surface area contributed by atoms with Gasteiger partial charge in [0.15, 0.2) is 0 Å². The predicted octanol–water partition coefficient (Wildman–Crippen LogP) is 2.18. The highest BCUT2D eigenvalue weighted by atomic mass is 32.2. The van der Waals surface area contributed by atoms with Gasteiger partial charge < -0.3 is 11.1 Å². The molecule has 0 aliphatic rings. The van der Waals surface area contributed by atoms with Crippen LogP contribution in [-0.2, 0) is 10.0 Å². The van der Waals surface area contributed by atoms with Crippen LogP contribution in [0.15, 0.2) is 47.4 Å². The van der Waals surface area contributed by atoms with Crippen LogP contribution < -0.4 is 15.8 Å². The Morgan fingerprint density at radius 3 is 2.44 bits per heavy atom. The topological polar surface area (TPSA) is 101 Å². The normalized spacial score (nSPS) is 12.5. The molecule has 0 saturated heterocycles. The first-order chi connectivity index (χ1) is 11.7. The number of para-hydroxylation sites is 1. The van der Waals surface area contributed by atoms with Crippen molar-refractivity contribution >= 4 is 21.6 Å². The summed E-state index contributed by atoms with van der Waals surface area (Å²) < 4.78 is 27.9. The first-order valence-electron chi connectivity index (χ1n) is 7.94. The number of carbonyl (C=O) groups is 1. The minimum Gasteiger partial charge on any atom is -0.348 e. The van der Waals surface area contributed by atoms with Crippen molar-refractivity contribution in [2.45, 2.75) is 31.7 Å². The van der Waals surface area contributed by atoms with Gasteiger partial charge in [0.1, 0.15) is 0 Å². The van der Waals surface area contributed by atoms with E-state index in [2.05, 4.69) is 10.0 Å². The lowest BCUT2D eigenvalue weighted by atomic mass is 10.1. The average molecular weight is 361 g/mol. The molecule has 2 aromatic carbocycles. The molecule has 0 spiro atoms.